The second-order valence-corrected chi connectivity index (χ2v) is 11.4. The summed E-state index contributed by atoms with van der Waals surface area (Å²) in [6.45, 7) is 0.906. The molecule has 13 heteroatoms. The summed E-state index contributed by atoms with van der Waals surface area (Å²) < 4.78 is 52.6. The van der Waals surface area contributed by atoms with Gasteiger partial charge in [-0.1, -0.05) is 24.3 Å². The van der Waals surface area contributed by atoms with Crippen molar-refractivity contribution >= 4 is 18.0 Å². The first-order valence-corrected chi connectivity index (χ1v) is 14.4. The van der Waals surface area contributed by atoms with Crippen LogP contribution in [0.25, 0.3) is 0 Å². The third-order valence-corrected chi connectivity index (χ3v) is 8.73. The summed E-state index contributed by atoms with van der Waals surface area (Å²) in [5.74, 6) is -3.66. The number of benzene rings is 2. The lowest BCUT2D eigenvalue weighted by Crippen LogP contribution is -2.57. The predicted molar refractivity (Wildman–Crippen MR) is 151 cm³/mol. The standard InChI is InChI=1S/C31H35F3N4O6/c1-43-17-25-26(28(39)44-2)27(18-7-8-23(33)24(34)15-18)38(30(41)36-25)29(40)35-19-11-14-37(16-19)20-9-12-31(42,13-10-20)21-5-3-4-6-22(21)32/h3-8,15,19-20,27,42H,9-14,16-17H2,1-2H3,(H,35,40)(H,36,41)/t19-,20?,27+,31?/m1/s1. The summed E-state index contributed by atoms with van der Waals surface area (Å²) >= 11 is 0. The number of methoxy groups -OCH3 is 2. The van der Waals surface area contributed by atoms with Crippen LogP contribution in [0.15, 0.2) is 53.7 Å². The molecule has 3 N–H and O–H groups in total. The fraction of sp³-hybridized carbons (Fsp3) is 0.452. The molecule has 10 nitrogen and oxygen atoms in total. The van der Waals surface area contributed by atoms with Crippen molar-refractivity contribution in [2.24, 2.45) is 0 Å². The summed E-state index contributed by atoms with van der Waals surface area (Å²) in [5, 5.41) is 16.5. The van der Waals surface area contributed by atoms with E-state index in [4.69, 9.17) is 9.47 Å². The van der Waals surface area contributed by atoms with Crippen molar-refractivity contribution in [1.82, 2.24) is 20.4 Å². The van der Waals surface area contributed by atoms with Crippen molar-refractivity contribution in [3.05, 3.63) is 82.3 Å². The topological polar surface area (TPSA) is 120 Å². The van der Waals surface area contributed by atoms with Gasteiger partial charge in [-0.05, 0) is 55.9 Å². The van der Waals surface area contributed by atoms with Crippen molar-refractivity contribution in [3.8, 4) is 0 Å². The van der Waals surface area contributed by atoms with Crippen molar-refractivity contribution < 1.29 is 42.1 Å². The van der Waals surface area contributed by atoms with Crippen LogP contribution in [0.1, 0.15) is 49.3 Å². The molecule has 2 aromatic rings. The van der Waals surface area contributed by atoms with Gasteiger partial charge in [0.25, 0.3) is 0 Å². The number of imide groups is 1. The Balaban J connectivity index is 1.31. The van der Waals surface area contributed by atoms with Crippen LogP contribution in [0, 0.1) is 17.5 Å². The molecular weight excluding hydrogens is 581 g/mol. The quantitative estimate of drug-likeness (QED) is 0.404. The fourth-order valence-electron chi connectivity index (χ4n) is 6.51. The maximum absolute atomic E-state index is 14.4. The highest BCUT2D eigenvalue weighted by atomic mass is 19.2. The Morgan fingerprint density at radius 2 is 1.77 bits per heavy atom. The number of hydrogen-bond donors (Lipinski definition) is 3. The number of hydrogen-bond acceptors (Lipinski definition) is 7. The van der Waals surface area contributed by atoms with Crippen molar-refractivity contribution in [3.63, 3.8) is 0 Å². The van der Waals surface area contributed by atoms with Crippen LogP contribution < -0.4 is 10.6 Å². The smallest absolute Gasteiger partial charge is 0.338 e. The highest BCUT2D eigenvalue weighted by molar-refractivity contribution is 6.01. The second-order valence-electron chi connectivity index (χ2n) is 11.4. The zero-order valence-electron chi connectivity index (χ0n) is 24.4. The van der Waals surface area contributed by atoms with Gasteiger partial charge in [-0.3, -0.25) is 4.90 Å². The number of ether oxygens (including phenoxy) is 2. The lowest BCUT2D eigenvalue weighted by Gasteiger charge is -2.40. The van der Waals surface area contributed by atoms with Crippen molar-refractivity contribution in [1.29, 1.82) is 0 Å². The number of halogens is 3. The van der Waals surface area contributed by atoms with E-state index in [1.165, 1.54) is 19.2 Å². The van der Waals surface area contributed by atoms with Crippen LogP contribution >= 0.6 is 0 Å². The van der Waals surface area contributed by atoms with Gasteiger partial charge in [0.15, 0.2) is 11.6 Å². The molecule has 3 aliphatic rings. The molecule has 4 amide bonds. The maximum atomic E-state index is 14.4. The first-order chi connectivity index (χ1) is 21.1. The Labute approximate surface area is 252 Å². The average Bonchev–Trinajstić information content (AvgIpc) is 3.46. The molecule has 2 aromatic carbocycles. The SMILES string of the molecule is COCC1=C(C(=O)OC)[C@H](c2ccc(F)c(F)c2)N(C(=O)N[C@@H]2CCN(C3CCC(O)(c4ccccc4F)CC3)C2)C(=O)N1. The minimum atomic E-state index is -1.43. The van der Waals surface area contributed by atoms with Crippen LogP contribution in [-0.2, 0) is 19.9 Å². The van der Waals surface area contributed by atoms with E-state index in [1.807, 2.05) is 0 Å². The van der Waals surface area contributed by atoms with Gasteiger partial charge in [-0.15, -0.1) is 0 Å². The highest BCUT2D eigenvalue weighted by Crippen LogP contribution is 2.40. The number of urea groups is 2. The third kappa shape index (κ3) is 6.17. The molecule has 1 saturated heterocycles. The Morgan fingerprint density at radius 1 is 1.05 bits per heavy atom. The number of esters is 1. The molecule has 0 aromatic heterocycles. The normalized spacial score (nSPS) is 26.0. The van der Waals surface area contributed by atoms with Crippen LogP contribution in [0.4, 0.5) is 22.8 Å². The Kier molecular flexibility index (Phi) is 9.28. The Morgan fingerprint density at radius 3 is 2.43 bits per heavy atom. The molecular formula is C31H35F3N4O6. The molecule has 2 heterocycles. The first kappa shape index (κ1) is 31.5. The molecule has 1 aliphatic carbocycles. The monoisotopic (exact) mass is 616 g/mol. The van der Waals surface area contributed by atoms with Gasteiger partial charge in [0, 0.05) is 37.8 Å². The zero-order chi connectivity index (χ0) is 31.6. The van der Waals surface area contributed by atoms with Gasteiger partial charge in [-0.2, -0.15) is 0 Å². The van der Waals surface area contributed by atoms with E-state index in [-0.39, 0.29) is 35.5 Å². The van der Waals surface area contributed by atoms with Gasteiger partial charge in [0.2, 0.25) is 0 Å². The first-order valence-electron chi connectivity index (χ1n) is 14.4. The van der Waals surface area contributed by atoms with Gasteiger partial charge in [0.05, 0.1) is 30.6 Å². The second kappa shape index (κ2) is 13.0. The number of carbonyl (C=O) groups excluding carboxylic acids is 3. The molecule has 5 rings (SSSR count). The summed E-state index contributed by atoms with van der Waals surface area (Å²) in [6.07, 6.45) is 2.62. The van der Waals surface area contributed by atoms with Crippen LogP contribution in [0.5, 0.6) is 0 Å². The van der Waals surface area contributed by atoms with Gasteiger partial charge >= 0.3 is 18.0 Å². The minimum absolute atomic E-state index is 0.0134. The van der Waals surface area contributed by atoms with E-state index in [1.54, 1.807) is 18.2 Å². The molecule has 0 unspecified atom stereocenters. The molecule has 2 fully saturated rings. The number of rotatable bonds is 7. The molecule has 0 spiro atoms. The fourth-order valence-corrected chi connectivity index (χ4v) is 6.51. The van der Waals surface area contributed by atoms with E-state index in [2.05, 4.69) is 15.5 Å². The largest absolute Gasteiger partial charge is 0.466 e. The number of likely N-dealkylation sites (tertiary alicyclic amines) is 1. The number of amides is 4. The molecule has 2 aliphatic heterocycles. The summed E-state index contributed by atoms with van der Waals surface area (Å²) in [6, 6.07) is 5.73. The van der Waals surface area contributed by atoms with E-state index in [9.17, 15) is 32.7 Å². The van der Waals surface area contributed by atoms with E-state index >= 15 is 0 Å². The Hall–Kier alpha value is -3.94. The van der Waals surface area contributed by atoms with E-state index in [0.29, 0.717) is 50.8 Å². The lowest BCUT2D eigenvalue weighted by atomic mass is 9.77. The molecule has 1 saturated carbocycles. The van der Waals surface area contributed by atoms with Crippen molar-refractivity contribution in [2.75, 3.05) is 33.9 Å². The lowest BCUT2D eigenvalue weighted by molar-refractivity contribution is -0.137. The van der Waals surface area contributed by atoms with Crippen molar-refractivity contribution in [2.45, 2.75) is 55.8 Å². The summed E-state index contributed by atoms with van der Waals surface area (Å²) in [4.78, 5) is 42.8. The number of nitrogens with one attached hydrogen (secondary N) is 2. The molecule has 2 atom stereocenters. The molecule has 0 bridgehead atoms. The molecule has 0 radical (unpaired) electrons. The zero-order valence-corrected chi connectivity index (χ0v) is 24.4. The average molecular weight is 617 g/mol. The van der Waals surface area contributed by atoms with Crippen LogP contribution in [0.3, 0.4) is 0 Å². The van der Waals surface area contributed by atoms with Gasteiger partial charge in [-0.25, -0.2) is 32.5 Å². The molecule has 44 heavy (non-hydrogen) atoms. The number of carbonyl (C=O) groups is 3. The van der Waals surface area contributed by atoms with Crippen LogP contribution in [0.2, 0.25) is 0 Å². The minimum Gasteiger partial charge on any atom is -0.466 e. The Bertz CT molecular complexity index is 1460. The third-order valence-electron chi connectivity index (χ3n) is 8.73. The number of nitrogens with zero attached hydrogens (tertiary/aromatic N) is 2. The van der Waals surface area contributed by atoms with Crippen LogP contribution in [-0.4, -0.2) is 78.9 Å². The van der Waals surface area contributed by atoms with Gasteiger partial charge in [0.1, 0.15) is 11.9 Å². The van der Waals surface area contributed by atoms with E-state index in [0.717, 1.165) is 24.1 Å². The molecule has 236 valence electrons. The number of aliphatic hydroxyl groups is 1. The van der Waals surface area contributed by atoms with E-state index < -0.39 is 47.1 Å². The summed E-state index contributed by atoms with van der Waals surface area (Å²) in [5.41, 5.74) is -1.08. The predicted octanol–water partition coefficient (Wildman–Crippen LogP) is 3.86. The summed E-state index contributed by atoms with van der Waals surface area (Å²) in [7, 11) is 2.47. The maximum Gasteiger partial charge on any atom is 0.338 e. The van der Waals surface area contributed by atoms with Gasteiger partial charge < -0.3 is 25.2 Å². The highest BCUT2D eigenvalue weighted by Gasteiger charge is 2.45.